The van der Waals surface area contributed by atoms with Crippen molar-refractivity contribution in [1.29, 1.82) is 0 Å². The zero-order valence-corrected chi connectivity index (χ0v) is 14.4. The summed E-state index contributed by atoms with van der Waals surface area (Å²) in [5.41, 5.74) is 0. The zero-order valence-electron chi connectivity index (χ0n) is 13.6. The lowest BCUT2D eigenvalue weighted by Crippen LogP contribution is -2.29. The first-order valence-electron chi connectivity index (χ1n) is 8.24. The SMILES string of the molecule is CCCCN(CCCC)CCCNCc1ccc(C)s1. The van der Waals surface area contributed by atoms with Gasteiger partial charge in [0, 0.05) is 16.3 Å². The summed E-state index contributed by atoms with van der Waals surface area (Å²) in [5.74, 6) is 0. The number of rotatable bonds is 12. The molecule has 0 aliphatic heterocycles. The highest BCUT2D eigenvalue weighted by Gasteiger charge is 2.03. The van der Waals surface area contributed by atoms with Gasteiger partial charge in [0.1, 0.15) is 0 Å². The molecule has 0 aliphatic rings. The second-order valence-corrected chi connectivity index (χ2v) is 6.96. The van der Waals surface area contributed by atoms with Crippen molar-refractivity contribution < 1.29 is 0 Å². The van der Waals surface area contributed by atoms with Crippen LogP contribution in [-0.4, -0.2) is 31.1 Å². The lowest BCUT2D eigenvalue weighted by molar-refractivity contribution is 0.261. The maximum atomic E-state index is 3.57. The average molecular weight is 297 g/mol. The van der Waals surface area contributed by atoms with Crippen LogP contribution >= 0.6 is 11.3 Å². The van der Waals surface area contributed by atoms with Gasteiger partial charge in [0.05, 0.1) is 0 Å². The van der Waals surface area contributed by atoms with Crippen LogP contribution in [0.15, 0.2) is 12.1 Å². The standard InChI is InChI=1S/C17H32N2S/c1-4-6-12-19(13-7-5-2)14-8-11-18-15-17-10-9-16(3)20-17/h9-10,18H,4-8,11-15H2,1-3H3. The summed E-state index contributed by atoms with van der Waals surface area (Å²) >= 11 is 1.90. The largest absolute Gasteiger partial charge is 0.312 e. The fourth-order valence-corrected chi connectivity index (χ4v) is 3.18. The second kappa shape index (κ2) is 11.3. The van der Waals surface area contributed by atoms with Crippen LogP contribution in [0.5, 0.6) is 0 Å². The van der Waals surface area contributed by atoms with E-state index < -0.39 is 0 Å². The van der Waals surface area contributed by atoms with E-state index in [9.17, 15) is 0 Å². The van der Waals surface area contributed by atoms with Crippen molar-refractivity contribution in [2.75, 3.05) is 26.2 Å². The highest BCUT2D eigenvalue weighted by Crippen LogP contribution is 2.14. The molecule has 20 heavy (non-hydrogen) atoms. The third kappa shape index (κ3) is 8.03. The van der Waals surface area contributed by atoms with Crippen LogP contribution in [0.2, 0.25) is 0 Å². The van der Waals surface area contributed by atoms with Crippen molar-refractivity contribution in [2.45, 2.75) is 59.4 Å². The third-order valence-corrected chi connectivity index (χ3v) is 4.58. The van der Waals surface area contributed by atoms with Crippen LogP contribution in [0.3, 0.4) is 0 Å². The average Bonchev–Trinajstić information content (AvgIpc) is 2.86. The van der Waals surface area contributed by atoms with Crippen molar-refractivity contribution in [1.82, 2.24) is 10.2 Å². The van der Waals surface area contributed by atoms with Gasteiger partial charge in [0.15, 0.2) is 0 Å². The molecule has 0 atom stereocenters. The second-order valence-electron chi connectivity index (χ2n) is 5.59. The molecule has 0 saturated carbocycles. The van der Waals surface area contributed by atoms with E-state index in [2.05, 4.69) is 43.1 Å². The normalized spacial score (nSPS) is 11.4. The third-order valence-electron chi connectivity index (χ3n) is 3.58. The Morgan fingerprint density at radius 1 is 1.00 bits per heavy atom. The fraction of sp³-hybridized carbons (Fsp3) is 0.765. The van der Waals surface area contributed by atoms with E-state index in [0.717, 1.165) is 13.1 Å². The van der Waals surface area contributed by atoms with Crippen molar-refractivity contribution >= 4 is 11.3 Å². The van der Waals surface area contributed by atoms with Gasteiger partial charge in [-0.1, -0.05) is 26.7 Å². The number of unbranched alkanes of at least 4 members (excludes halogenated alkanes) is 2. The number of hydrogen-bond acceptors (Lipinski definition) is 3. The number of nitrogens with one attached hydrogen (secondary N) is 1. The Kier molecular flexibility index (Phi) is 9.98. The Bertz CT molecular complexity index is 327. The van der Waals surface area contributed by atoms with Gasteiger partial charge in [-0.05, 0) is 64.5 Å². The maximum Gasteiger partial charge on any atom is 0.0299 e. The molecule has 1 N–H and O–H groups in total. The van der Waals surface area contributed by atoms with E-state index in [1.807, 2.05) is 11.3 Å². The molecule has 1 aromatic heterocycles. The van der Waals surface area contributed by atoms with Crippen molar-refractivity contribution in [3.05, 3.63) is 21.9 Å². The van der Waals surface area contributed by atoms with Crippen LogP contribution in [0.4, 0.5) is 0 Å². The molecule has 0 spiro atoms. The molecule has 1 heterocycles. The van der Waals surface area contributed by atoms with Gasteiger partial charge < -0.3 is 10.2 Å². The minimum Gasteiger partial charge on any atom is -0.312 e. The predicted octanol–water partition coefficient (Wildman–Crippen LogP) is 4.44. The van der Waals surface area contributed by atoms with Crippen LogP contribution in [-0.2, 0) is 6.54 Å². The monoisotopic (exact) mass is 296 g/mol. The summed E-state index contributed by atoms with van der Waals surface area (Å²) in [5, 5.41) is 3.57. The smallest absolute Gasteiger partial charge is 0.0299 e. The summed E-state index contributed by atoms with van der Waals surface area (Å²) in [7, 11) is 0. The number of nitrogens with zero attached hydrogens (tertiary/aromatic N) is 1. The zero-order chi connectivity index (χ0) is 14.6. The van der Waals surface area contributed by atoms with E-state index >= 15 is 0 Å². The Morgan fingerprint density at radius 3 is 2.20 bits per heavy atom. The summed E-state index contributed by atoms with van der Waals surface area (Å²) < 4.78 is 0. The van der Waals surface area contributed by atoms with Gasteiger partial charge in [-0.25, -0.2) is 0 Å². The van der Waals surface area contributed by atoms with Crippen molar-refractivity contribution in [2.24, 2.45) is 0 Å². The minimum absolute atomic E-state index is 1.03. The predicted molar refractivity (Wildman–Crippen MR) is 91.6 cm³/mol. The van der Waals surface area contributed by atoms with E-state index in [4.69, 9.17) is 0 Å². The van der Waals surface area contributed by atoms with Gasteiger partial charge in [-0.3, -0.25) is 0 Å². The number of hydrogen-bond donors (Lipinski definition) is 1. The lowest BCUT2D eigenvalue weighted by Gasteiger charge is -2.21. The quantitative estimate of drug-likeness (QED) is 0.574. The van der Waals surface area contributed by atoms with Gasteiger partial charge in [-0.15, -0.1) is 11.3 Å². The molecular weight excluding hydrogens is 264 g/mol. The lowest BCUT2D eigenvalue weighted by atomic mass is 10.2. The topological polar surface area (TPSA) is 15.3 Å². The van der Waals surface area contributed by atoms with Crippen LogP contribution < -0.4 is 5.32 Å². The summed E-state index contributed by atoms with van der Waals surface area (Å²) in [6, 6.07) is 4.45. The summed E-state index contributed by atoms with van der Waals surface area (Å²) in [6.07, 6.45) is 6.55. The maximum absolute atomic E-state index is 3.57. The molecule has 0 aromatic carbocycles. The number of thiophene rings is 1. The molecule has 3 heteroatoms. The highest BCUT2D eigenvalue weighted by molar-refractivity contribution is 7.11. The molecule has 0 aliphatic carbocycles. The fourth-order valence-electron chi connectivity index (χ4n) is 2.32. The van der Waals surface area contributed by atoms with Crippen LogP contribution in [0, 0.1) is 6.92 Å². The molecule has 0 fully saturated rings. The van der Waals surface area contributed by atoms with Gasteiger partial charge in [-0.2, -0.15) is 0 Å². The molecule has 1 rings (SSSR count). The Balaban J connectivity index is 2.09. The summed E-state index contributed by atoms with van der Waals surface area (Å²) in [4.78, 5) is 5.51. The highest BCUT2D eigenvalue weighted by atomic mass is 32.1. The van der Waals surface area contributed by atoms with Gasteiger partial charge in [0.25, 0.3) is 0 Å². The number of aryl methyl sites for hydroxylation is 1. The molecule has 0 radical (unpaired) electrons. The Hall–Kier alpha value is -0.380. The van der Waals surface area contributed by atoms with Crippen LogP contribution in [0.1, 0.15) is 55.7 Å². The van der Waals surface area contributed by atoms with Crippen molar-refractivity contribution in [3.63, 3.8) is 0 Å². The minimum atomic E-state index is 1.03. The molecule has 116 valence electrons. The summed E-state index contributed by atoms with van der Waals surface area (Å²) in [6.45, 7) is 12.7. The first-order chi connectivity index (χ1) is 9.76. The molecule has 2 nitrogen and oxygen atoms in total. The van der Waals surface area contributed by atoms with Gasteiger partial charge >= 0.3 is 0 Å². The Labute approximate surface area is 129 Å². The van der Waals surface area contributed by atoms with E-state index in [1.54, 1.807) is 0 Å². The first-order valence-corrected chi connectivity index (χ1v) is 9.06. The van der Waals surface area contributed by atoms with E-state index in [0.29, 0.717) is 0 Å². The molecule has 0 bridgehead atoms. The van der Waals surface area contributed by atoms with E-state index in [-0.39, 0.29) is 0 Å². The van der Waals surface area contributed by atoms with Crippen molar-refractivity contribution in [3.8, 4) is 0 Å². The molecule has 0 amide bonds. The van der Waals surface area contributed by atoms with Crippen LogP contribution in [0.25, 0.3) is 0 Å². The molecule has 0 saturated heterocycles. The molecular formula is C17H32N2S. The van der Waals surface area contributed by atoms with Gasteiger partial charge in [0.2, 0.25) is 0 Å². The first kappa shape index (κ1) is 17.7. The molecule has 1 aromatic rings. The Morgan fingerprint density at radius 2 is 1.65 bits per heavy atom. The molecule has 0 unspecified atom stereocenters. The van der Waals surface area contributed by atoms with E-state index in [1.165, 1.54) is 61.5 Å².